The SMILES string of the molecule is Cc1cc(-c2ccc3nnc(C4(c5ccc(Cl)cc5)CC4)n3c2)cn(C)c1=O.Cc1cc(-c2ccc3nnc(C4(c5cccc(Cl)c5)CC4)n3c2)cn(C)c1=O.Cc1cc(-c2ccc3nnc(Cc4cccc(F)c4)n3c2)cn(C)c1=O.Cc1ccc(C2(c3nnc4ccc(-c5cc(C)c(=O)n(C)c5)cn34)CC2)cc1. The Labute approximate surface area is 641 Å². The molecule has 19 rings (SSSR count). The summed E-state index contributed by atoms with van der Waals surface area (Å²) >= 11 is 12.3. The summed E-state index contributed by atoms with van der Waals surface area (Å²) in [5.41, 5.74) is 19.6. The average molecular weight is 1500 g/mol. The van der Waals surface area contributed by atoms with Gasteiger partial charge in [-0.15, -0.1) is 40.8 Å². The second-order valence-corrected chi connectivity index (χ2v) is 30.4. The second-order valence-electron chi connectivity index (χ2n) is 29.5. The molecule has 4 aromatic carbocycles. The summed E-state index contributed by atoms with van der Waals surface area (Å²) in [7, 11) is 7.09. The van der Waals surface area contributed by atoms with E-state index >= 15 is 0 Å². The topological polar surface area (TPSA) is 209 Å². The summed E-state index contributed by atoms with van der Waals surface area (Å²) in [5.74, 6) is 3.35. The number of hydrogen-bond acceptors (Lipinski definition) is 12. The average Bonchev–Trinajstić information content (AvgIpc) is 1.57. The Balaban J connectivity index is 0.000000111. The van der Waals surface area contributed by atoms with Crippen LogP contribution in [0.25, 0.3) is 67.1 Å². The molecular weight excluding hydrogens is 1420 g/mol. The van der Waals surface area contributed by atoms with E-state index in [0.29, 0.717) is 12.0 Å². The number of halogens is 3. The first kappa shape index (κ1) is 71.9. The number of aryl methyl sites for hydroxylation is 9. The van der Waals surface area contributed by atoms with Gasteiger partial charge in [-0.25, -0.2) is 4.39 Å². The van der Waals surface area contributed by atoms with Crippen LogP contribution in [0, 0.1) is 40.4 Å². The van der Waals surface area contributed by atoms with Crippen LogP contribution in [0.5, 0.6) is 0 Å². The van der Waals surface area contributed by atoms with Gasteiger partial charge in [0.05, 0.1) is 16.2 Å². The molecule has 3 saturated carbocycles. The van der Waals surface area contributed by atoms with Crippen molar-refractivity contribution in [2.45, 2.75) is 95.8 Å². The zero-order chi connectivity index (χ0) is 76.7. The molecule has 3 fully saturated rings. The zero-order valence-corrected chi connectivity index (χ0v) is 63.7. The monoisotopic (exact) mass is 1500 g/mol. The lowest BCUT2D eigenvalue weighted by Crippen LogP contribution is -2.18. The maximum atomic E-state index is 13.4. The van der Waals surface area contributed by atoms with Crippen LogP contribution in [0.4, 0.5) is 4.39 Å². The molecule has 23 heteroatoms. The molecule has 0 amide bonds. The van der Waals surface area contributed by atoms with E-state index in [9.17, 15) is 23.6 Å². The zero-order valence-electron chi connectivity index (χ0n) is 62.2. The predicted octanol–water partition coefficient (Wildman–Crippen LogP) is 15.2. The molecule has 550 valence electrons. The Morgan fingerprint density at radius 2 is 0.682 bits per heavy atom. The molecule has 3 aliphatic carbocycles. The van der Waals surface area contributed by atoms with E-state index in [2.05, 4.69) is 122 Å². The summed E-state index contributed by atoms with van der Waals surface area (Å²) in [5, 5.41) is 36.7. The van der Waals surface area contributed by atoms with E-state index < -0.39 is 0 Å². The largest absolute Gasteiger partial charge is 0.318 e. The molecule has 0 N–H and O–H groups in total. The van der Waals surface area contributed by atoms with Crippen LogP contribution in [0.3, 0.4) is 0 Å². The van der Waals surface area contributed by atoms with Crippen LogP contribution in [0.2, 0.25) is 10.0 Å². The maximum Gasteiger partial charge on any atom is 0.253 e. The van der Waals surface area contributed by atoms with Gasteiger partial charge in [-0.3, -0.25) is 36.8 Å². The highest BCUT2D eigenvalue weighted by atomic mass is 35.5. The van der Waals surface area contributed by atoms with Gasteiger partial charge in [0.15, 0.2) is 22.6 Å². The number of benzene rings is 4. The van der Waals surface area contributed by atoms with E-state index in [1.165, 1.54) is 34.4 Å². The molecule has 16 aromatic rings. The lowest BCUT2D eigenvalue weighted by molar-refractivity contribution is 0.625. The van der Waals surface area contributed by atoms with Gasteiger partial charge in [0.2, 0.25) is 0 Å². The number of fused-ring (bicyclic) bond motifs is 4. The van der Waals surface area contributed by atoms with Gasteiger partial charge >= 0.3 is 0 Å². The van der Waals surface area contributed by atoms with Gasteiger partial charge in [0, 0.05) is 116 Å². The molecule has 0 spiro atoms. The minimum Gasteiger partial charge on any atom is -0.318 e. The number of pyridine rings is 8. The van der Waals surface area contributed by atoms with Crippen LogP contribution in [-0.2, 0) is 50.9 Å². The minimum absolute atomic E-state index is 0.00841. The number of nitrogens with zero attached hydrogens (tertiary/aromatic N) is 16. The van der Waals surface area contributed by atoms with Crippen LogP contribution in [0.1, 0.15) is 112 Å². The van der Waals surface area contributed by atoms with Gasteiger partial charge in [-0.2, -0.15) is 0 Å². The van der Waals surface area contributed by atoms with E-state index in [1.807, 2.05) is 165 Å². The number of hydrogen-bond donors (Lipinski definition) is 0. The molecule has 0 unspecified atom stereocenters. The summed E-state index contributed by atoms with van der Waals surface area (Å²) in [6, 6.07) is 54.8. The quantitative estimate of drug-likeness (QED) is 0.112. The van der Waals surface area contributed by atoms with E-state index in [0.717, 1.165) is 161 Å². The Hall–Kier alpha value is -12.3. The predicted molar refractivity (Wildman–Crippen MR) is 427 cm³/mol. The lowest BCUT2D eigenvalue weighted by atomic mass is 9.94. The Morgan fingerprint density at radius 1 is 0.336 bits per heavy atom. The number of rotatable bonds is 12. The first-order chi connectivity index (χ1) is 52.9. The molecule has 0 saturated heterocycles. The summed E-state index contributed by atoms with van der Waals surface area (Å²) in [6.07, 6.45) is 22.4. The highest BCUT2D eigenvalue weighted by Crippen LogP contribution is 2.55. The fraction of sp³-hybridized carbons (Fsp3) is 0.218. The van der Waals surface area contributed by atoms with Crippen molar-refractivity contribution in [3.63, 3.8) is 0 Å². The van der Waals surface area contributed by atoms with E-state index in [1.54, 1.807) is 59.4 Å². The second kappa shape index (κ2) is 28.3. The first-order valence-corrected chi connectivity index (χ1v) is 37.1. The van der Waals surface area contributed by atoms with Crippen molar-refractivity contribution < 1.29 is 4.39 Å². The molecule has 3 aliphatic rings. The standard InChI is InChI=1S/C23H22N4O.2C22H19ClN4O.C20H17FN4O/c1-15-4-7-19(8-5-15)23(10-11-23)22-25-24-20-9-6-17(14-27(20)22)18-12-16(2)21(28)26(3)13-18;1-14-11-16(12-26(2)20(14)28)15-3-8-19-24-25-21(27(19)13-15)22(9-10-22)17-4-6-18(23)7-5-17;1-14-10-16(12-26(2)20(14)28)15-6-7-19-24-25-21(27(19)13-15)22(8-9-22)17-4-3-5-18(23)11-17;1-13-8-16(11-24(2)20(13)26)15-6-7-18-22-23-19(25(18)12-15)10-14-4-3-5-17(21)9-14/h4-9,12-14H,10-11H2,1-3H3;3-8,11-13H,9-10H2,1-2H3;3-7,10-13H,8-9H2,1-2H3;3-9,11-12H,10H2,1-2H3. The maximum absolute atomic E-state index is 13.4. The Kier molecular flexibility index (Phi) is 18.5. The molecule has 110 heavy (non-hydrogen) atoms. The fourth-order valence-corrected chi connectivity index (χ4v) is 15.4. The van der Waals surface area contributed by atoms with Crippen molar-refractivity contribution >= 4 is 45.8 Å². The van der Waals surface area contributed by atoms with Crippen molar-refractivity contribution in [3.05, 3.63) is 350 Å². The fourth-order valence-electron chi connectivity index (χ4n) is 15.1. The van der Waals surface area contributed by atoms with E-state index in [4.69, 9.17) is 23.2 Å². The third-order valence-corrected chi connectivity index (χ3v) is 22.1. The lowest BCUT2D eigenvalue weighted by Gasteiger charge is -2.15. The molecule has 0 bridgehead atoms. The van der Waals surface area contributed by atoms with Crippen molar-refractivity contribution in [2.75, 3.05) is 0 Å². The van der Waals surface area contributed by atoms with Crippen molar-refractivity contribution in [1.29, 1.82) is 0 Å². The minimum atomic E-state index is -0.266. The van der Waals surface area contributed by atoms with E-state index in [-0.39, 0.29) is 44.3 Å². The highest BCUT2D eigenvalue weighted by molar-refractivity contribution is 6.30. The highest BCUT2D eigenvalue weighted by Gasteiger charge is 2.52. The van der Waals surface area contributed by atoms with Crippen molar-refractivity contribution in [1.82, 2.24) is 76.7 Å². The van der Waals surface area contributed by atoms with Gasteiger partial charge in [-0.05, 0) is 249 Å². The van der Waals surface area contributed by atoms with Crippen LogP contribution < -0.4 is 22.2 Å². The van der Waals surface area contributed by atoms with Crippen LogP contribution >= 0.6 is 23.2 Å². The van der Waals surface area contributed by atoms with Crippen LogP contribution in [-0.4, -0.2) is 76.7 Å². The van der Waals surface area contributed by atoms with Gasteiger partial charge in [0.1, 0.15) is 29.1 Å². The molecule has 0 aliphatic heterocycles. The summed E-state index contributed by atoms with van der Waals surface area (Å²) < 4.78 is 28.1. The van der Waals surface area contributed by atoms with Gasteiger partial charge < -0.3 is 18.3 Å². The Morgan fingerprint density at radius 3 is 1.05 bits per heavy atom. The Bertz CT molecular complexity index is 6260. The third kappa shape index (κ3) is 13.6. The first-order valence-electron chi connectivity index (χ1n) is 36.4. The third-order valence-electron chi connectivity index (χ3n) is 21.6. The molecule has 12 aromatic heterocycles. The van der Waals surface area contributed by atoms with Gasteiger partial charge in [0.25, 0.3) is 22.2 Å². The normalized spacial score (nSPS) is 14.2. The number of aromatic nitrogens is 16. The van der Waals surface area contributed by atoms with Crippen LogP contribution in [0.15, 0.2) is 239 Å². The van der Waals surface area contributed by atoms with Crippen molar-refractivity contribution in [3.8, 4) is 44.5 Å². The molecule has 0 atom stereocenters. The van der Waals surface area contributed by atoms with Gasteiger partial charge in [-0.1, -0.05) is 89.4 Å². The smallest absolute Gasteiger partial charge is 0.253 e. The molecule has 12 heterocycles. The summed E-state index contributed by atoms with van der Waals surface area (Å²) in [6.45, 7) is 9.45. The molecule has 20 nitrogen and oxygen atoms in total. The summed E-state index contributed by atoms with van der Waals surface area (Å²) in [4.78, 5) is 48.0. The molecular formula is C87H77Cl2FN16O4. The molecule has 0 radical (unpaired) electrons. The van der Waals surface area contributed by atoms with Crippen molar-refractivity contribution in [2.24, 2.45) is 28.2 Å².